The highest BCUT2D eigenvalue weighted by Crippen LogP contribution is 2.39. The first-order chi connectivity index (χ1) is 33.7. The van der Waals surface area contributed by atoms with E-state index in [9.17, 15) is 14.4 Å². The predicted octanol–water partition coefficient (Wildman–Crippen LogP) is 10.8. The molecule has 356 valence electrons. The lowest BCUT2D eigenvalue weighted by Crippen LogP contribution is -2.42. The highest BCUT2D eigenvalue weighted by atomic mass is 79.9. The number of carbonyl (C=O) groups is 3. The van der Waals surface area contributed by atoms with Crippen LogP contribution in [0.3, 0.4) is 0 Å². The van der Waals surface area contributed by atoms with Crippen LogP contribution in [0.15, 0.2) is 114 Å². The van der Waals surface area contributed by atoms with Crippen molar-refractivity contribution < 1.29 is 28.6 Å². The molecule has 0 bridgehead atoms. The average molecular weight is 990 g/mol. The Morgan fingerprint density at radius 1 is 0.493 bits per heavy atom. The van der Waals surface area contributed by atoms with Gasteiger partial charge in [0.05, 0.1) is 38.0 Å². The summed E-state index contributed by atoms with van der Waals surface area (Å²) in [6.07, 6.45) is 17.2. The number of nitrogens with one attached hydrogen (secondary N) is 2. The second-order valence-corrected chi connectivity index (χ2v) is 19.6. The van der Waals surface area contributed by atoms with Gasteiger partial charge >= 0.3 is 17.9 Å². The van der Waals surface area contributed by atoms with E-state index in [1.165, 1.54) is 121 Å². The lowest BCUT2D eigenvalue weighted by Gasteiger charge is -2.38. The van der Waals surface area contributed by atoms with Gasteiger partial charge in [0.25, 0.3) is 0 Å². The Bertz CT molecular complexity index is 2760. The van der Waals surface area contributed by atoms with Crippen LogP contribution in [0.2, 0.25) is 0 Å². The van der Waals surface area contributed by atoms with Crippen LogP contribution in [-0.2, 0) is 52.7 Å². The number of hydrogen-bond acceptors (Lipinski definition) is 10. The van der Waals surface area contributed by atoms with Crippen molar-refractivity contribution in [2.75, 3.05) is 34.4 Å². The number of piperidine rings is 2. The van der Waals surface area contributed by atoms with E-state index in [0.29, 0.717) is 40.6 Å². The number of methoxy groups -OCH3 is 3. The molecule has 4 heterocycles. The molecule has 0 amide bonds. The lowest BCUT2D eigenvalue weighted by atomic mass is 9.75. The minimum atomic E-state index is -0.283. The molecule has 0 spiro atoms. The number of esters is 3. The zero-order valence-electron chi connectivity index (χ0n) is 39.8. The monoisotopic (exact) mass is 988 g/mol. The standard InChI is InChI=1S/2C15H19NO2.C15H13NO2.C13H10BrN/c3*1-18-15(17)11-4-6-12-10(9-11)5-7-14-13(12)3-2-8-16-14;14-10-4-5-11-9(8-10)3-6-13-12(11)2-1-7-15-13/h2*4,6,9,13-14,16H,2-3,5,7-8H2,1H3;2-4,6,8-9H,5,7H2,1H3;1-2,4-5,7-8H,3,6H2/t2*13?,14-;;/m10../s1. The van der Waals surface area contributed by atoms with Crippen LogP contribution in [0.1, 0.15) is 126 Å². The fourth-order valence-corrected chi connectivity index (χ4v) is 11.8. The van der Waals surface area contributed by atoms with E-state index < -0.39 is 0 Å². The van der Waals surface area contributed by atoms with E-state index in [1.807, 2.05) is 67.0 Å². The van der Waals surface area contributed by atoms with E-state index in [2.05, 4.69) is 79.0 Å². The smallest absolute Gasteiger partial charge is 0.337 e. The minimum absolute atomic E-state index is 0.235. The molecule has 69 heavy (non-hydrogen) atoms. The summed E-state index contributed by atoms with van der Waals surface area (Å²) in [4.78, 5) is 43.4. The molecule has 6 aromatic rings. The summed E-state index contributed by atoms with van der Waals surface area (Å²) in [6.45, 7) is 2.30. The molecule has 0 radical (unpaired) electrons. The highest BCUT2D eigenvalue weighted by Gasteiger charge is 2.33. The molecule has 2 saturated heterocycles. The fraction of sp³-hybridized carbons (Fsp3) is 0.362. The topological polar surface area (TPSA) is 129 Å². The summed E-state index contributed by atoms with van der Waals surface area (Å²) in [6, 6.07) is 33.8. The molecular weight excluding hydrogens is 929 g/mol. The van der Waals surface area contributed by atoms with Crippen LogP contribution >= 0.6 is 15.9 Å². The van der Waals surface area contributed by atoms with Crippen molar-refractivity contribution in [2.24, 2.45) is 0 Å². The van der Waals surface area contributed by atoms with E-state index in [1.54, 1.807) is 0 Å². The Hall–Kier alpha value is -6.01. The molecule has 6 aliphatic rings. The van der Waals surface area contributed by atoms with Crippen molar-refractivity contribution in [1.29, 1.82) is 0 Å². The van der Waals surface area contributed by atoms with Crippen molar-refractivity contribution in [2.45, 2.75) is 101 Å². The van der Waals surface area contributed by atoms with Crippen LogP contribution in [0, 0.1) is 0 Å². The predicted molar refractivity (Wildman–Crippen MR) is 273 cm³/mol. The van der Waals surface area contributed by atoms with Gasteiger partial charge in [-0.15, -0.1) is 0 Å². The van der Waals surface area contributed by atoms with Gasteiger partial charge in [0.15, 0.2) is 0 Å². The van der Waals surface area contributed by atoms with Gasteiger partial charge < -0.3 is 24.8 Å². The van der Waals surface area contributed by atoms with Gasteiger partial charge in [-0.05, 0) is 207 Å². The van der Waals surface area contributed by atoms with Crippen LogP contribution in [-0.4, -0.2) is 74.4 Å². The van der Waals surface area contributed by atoms with Crippen molar-refractivity contribution in [3.05, 3.63) is 175 Å². The summed E-state index contributed by atoms with van der Waals surface area (Å²) in [5.74, 6) is 0.515. The maximum atomic E-state index is 11.5. The molecule has 4 atom stereocenters. The van der Waals surface area contributed by atoms with E-state index in [-0.39, 0.29) is 17.9 Å². The Balaban J connectivity index is 0.000000115. The van der Waals surface area contributed by atoms with Crippen LogP contribution in [0.25, 0.3) is 22.3 Å². The number of ether oxygens (including phenoxy) is 3. The van der Waals surface area contributed by atoms with Gasteiger partial charge in [0.1, 0.15) is 0 Å². The molecule has 0 saturated carbocycles. The van der Waals surface area contributed by atoms with E-state index in [4.69, 9.17) is 14.2 Å². The zero-order valence-corrected chi connectivity index (χ0v) is 41.4. The van der Waals surface area contributed by atoms with Crippen LogP contribution < -0.4 is 10.6 Å². The number of pyridine rings is 2. The quantitative estimate of drug-likeness (QED) is 0.131. The maximum absolute atomic E-state index is 11.5. The third kappa shape index (κ3) is 10.8. The normalized spacial score (nSPS) is 19.7. The van der Waals surface area contributed by atoms with Gasteiger partial charge in [-0.25, -0.2) is 14.4 Å². The molecule has 11 heteroatoms. The number of aromatic nitrogens is 2. The minimum Gasteiger partial charge on any atom is -0.465 e. The van der Waals surface area contributed by atoms with Crippen molar-refractivity contribution >= 4 is 33.8 Å². The summed E-state index contributed by atoms with van der Waals surface area (Å²) >= 11 is 3.51. The van der Waals surface area contributed by atoms with Gasteiger partial charge in [0.2, 0.25) is 0 Å². The molecule has 2 unspecified atom stereocenters. The van der Waals surface area contributed by atoms with Gasteiger partial charge in [-0.1, -0.05) is 52.3 Å². The number of benzene rings is 4. The van der Waals surface area contributed by atoms with Crippen molar-refractivity contribution in [3.63, 3.8) is 0 Å². The van der Waals surface area contributed by atoms with Gasteiger partial charge in [-0.3, -0.25) is 9.97 Å². The first-order valence-corrected chi connectivity index (χ1v) is 25.3. The Kier molecular flexibility index (Phi) is 15.4. The van der Waals surface area contributed by atoms with E-state index in [0.717, 1.165) is 61.8 Å². The van der Waals surface area contributed by atoms with Crippen molar-refractivity contribution in [3.8, 4) is 22.3 Å². The fourth-order valence-electron chi connectivity index (χ4n) is 11.3. The van der Waals surface area contributed by atoms with Gasteiger partial charge in [0, 0.05) is 51.5 Å². The van der Waals surface area contributed by atoms with Crippen LogP contribution in [0.4, 0.5) is 0 Å². The number of aryl methyl sites for hydroxylation is 6. The largest absolute Gasteiger partial charge is 0.465 e. The summed E-state index contributed by atoms with van der Waals surface area (Å²) in [7, 11) is 4.27. The molecule has 10 nitrogen and oxygen atoms in total. The first kappa shape index (κ1) is 48.0. The third-order valence-electron chi connectivity index (χ3n) is 14.8. The van der Waals surface area contributed by atoms with Crippen LogP contribution in [0.5, 0.6) is 0 Å². The number of nitrogens with zero attached hydrogens (tertiary/aromatic N) is 2. The van der Waals surface area contributed by atoms with Gasteiger partial charge in [-0.2, -0.15) is 0 Å². The molecule has 12 rings (SSSR count). The number of halogens is 1. The third-order valence-corrected chi connectivity index (χ3v) is 15.3. The maximum Gasteiger partial charge on any atom is 0.337 e. The van der Waals surface area contributed by atoms with Crippen molar-refractivity contribution in [1.82, 2.24) is 20.6 Å². The molecule has 2 N–H and O–H groups in total. The first-order valence-electron chi connectivity index (χ1n) is 24.5. The second-order valence-electron chi connectivity index (χ2n) is 18.7. The Morgan fingerprint density at radius 3 is 1.41 bits per heavy atom. The number of hydrogen-bond donors (Lipinski definition) is 2. The lowest BCUT2D eigenvalue weighted by molar-refractivity contribution is 0.0591. The SMILES string of the molecule is Brc1ccc2c(c1)CCc1ncccc1-2.COC(=O)c1ccc2c(c1)CC[C@@H]1NCCCC21.COC(=O)c1ccc2c(c1)CC[C@H]1NCCCC21.COC(=O)c1ccc2c(c1)CCc1ncccc1-2. The molecule has 4 aliphatic carbocycles. The average Bonchev–Trinajstić information content (AvgIpc) is 3.42. The second kappa shape index (κ2) is 22.2. The highest BCUT2D eigenvalue weighted by molar-refractivity contribution is 9.10. The summed E-state index contributed by atoms with van der Waals surface area (Å²) < 4.78 is 15.5. The molecule has 2 aromatic heterocycles. The molecule has 2 fully saturated rings. The molecular formula is C58H61BrN4O6. The summed E-state index contributed by atoms with van der Waals surface area (Å²) in [5.41, 5.74) is 17.5. The number of fused-ring (bicyclic) bond motifs is 12. The number of rotatable bonds is 3. The Labute approximate surface area is 414 Å². The summed E-state index contributed by atoms with van der Waals surface area (Å²) in [5, 5.41) is 7.24. The number of carbonyl (C=O) groups excluding carboxylic acids is 3. The molecule has 4 aromatic carbocycles. The van der Waals surface area contributed by atoms with E-state index >= 15 is 0 Å². The Morgan fingerprint density at radius 2 is 0.928 bits per heavy atom. The zero-order chi connectivity index (χ0) is 47.9. The molecule has 2 aliphatic heterocycles.